The van der Waals surface area contributed by atoms with Crippen LogP contribution in [0.3, 0.4) is 0 Å². The highest BCUT2D eigenvalue weighted by atomic mass is 16.5. The molecule has 0 radical (unpaired) electrons. The van der Waals surface area contributed by atoms with Crippen molar-refractivity contribution in [3.05, 3.63) is 23.8 Å². The Labute approximate surface area is 233 Å². The smallest absolute Gasteiger partial charge is 0.122 e. The van der Waals surface area contributed by atoms with E-state index in [1.807, 2.05) is 6.07 Å². The third-order valence-corrected chi connectivity index (χ3v) is 12.7. The quantitative estimate of drug-likeness (QED) is 0.369. The summed E-state index contributed by atoms with van der Waals surface area (Å²) in [6.07, 6.45) is 14.0. The van der Waals surface area contributed by atoms with E-state index in [1.165, 1.54) is 63.4 Å². The summed E-state index contributed by atoms with van der Waals surface area (Å²) in [4.78, 5) is 0. The molecule has 0 aliphatic heterocycles. The molecule has 4 fully saturated rings. The van der Waals surface area contributed by atoms with Gasteiger partial charge in [-0.15, -0.1) is 0 Å². The van der Waals surface area contributed by atoms with Gasteiger partial charge >= 0.3 is 0 Å². The van der Waals surface area contributed by atoms with Crippen LogP contribution in [0, 0.1) is 52.3 Å². The van der Waals surface area contributed by atoms with Crippen LogP contribution in [-0.2, 0) is 0 Å². The predicted molar refractivity (Wildman–Crippen MR) is 157 cm³/mol. The molecule has 0 amide bonds. The van der Waals surface area contributed by atoms with E-state index >= 15 is 0 Å². The number of rotatable bonds is 8. The fraction of sp³-hybridized carbons (Fsp3) is 0.829. The molecule has 0 spiro atoms. The number of aliphatic hydroxyl groups excluding tert-OH is 1. The number of benzene rings is 1. The van der Waals surface area contributed by atoms with Crippen molar-refractivity contribution in [2.24, 2.45) is 52.3 Å². The van der Waals surface area contributed by atoms with Gasteiger partial charge in [0.1, 0.15) is 11.5 Å². The van der Waals surface area contributed by atoms with Crippen LogP contribution in [-0.4, -0.2) is 25.4 Å². The van der Waals surface area contributed by atoms with E-state index in [4.69, 9.17) is 9.47 Å². The van der Waals surface area contributed by atoms with Crippen LogP contribution >= 0.6 is 0 Å². The second-order valence-corrected chi connectivity index (χ2v) is 14.9. The number of ether oxygens (including phenoxy) is 2. The van der Waals surface area contributed by atoms with Gasteiger partial charge in [0.15, 0.2) is 0 Å². The second-order valence-electron chi connectivity index (χ2n) is 14.9. The standard InChI is InChI=1S/C35H56O3/c1-22(2)9-8-10-23(3)30-11-12-31-29-21-28(24-17-26(37-6)20-27(18-24)38-7)33-19-25(36)13-15-35(33,5)32(29)14-16-34(30,31)4/h17-18,20,22-23,25,28-33,36H,8-16,19,21H2,1-7H3/t23-,25-,28-,29+,30-,31+,32+,33-,34-,35-/m1/s1. The van der Waals surface area contributed by atoms with Gasteiger partial charge in [-0.1, -0.05) is 53.9 Å². The normalized spacial score (nSPS) is 41.2. The molecule has 38 heavy (non-hydrogen) atoms. The van der Waals surface area contributed by atoms with Crippen molar-refractivity contribution in [1.82, 2.24) is 0 Å². The van der Waals surface area contributed by atoms with E-state index < -0.39 is 0 Å². The zero-order valence-corrected chi connectivity index (χ0v) is 25.5. The molecule has 4 aliphatic carbocycles. The van der Waals surface area contributed by atoms with Crippen molar-refractivity contribution in [2.45, 2.75) is 117 Å². The highest BCUT2D eigenvalue weighted by Crippen LogP contribution is 2.70. The summed E-state index contributed by atoms with van der Waals surface area (Å²) in [5, 5.41) is 10.9. The lowest BCUT2D eigenvalue weighted by Gasteiger charge is -2.63. The van der Waals surface area contributed by atoms with E-state index in [2.05, 4.69) is 46.8 Å². The van der Waals surface area contributed by atoms with E-state index in [-0.39, 0.29) is 6.10 Å². The van der Waals surface area contributed by atoms with Crippen LogP contribution in [0.4, 0.5) is 0 Å². The first-order valence-corrected chi connectivity index (χ1v) is 16.0. The van der Waals surface area contributed by atoms with E-state index in [0.29, 0.717) is 22.7 Å². The zero-order chi connectivity index (χ0) is 27.2. The largest absolute Gasteiger partial charge is 0.497 e. The number of fused-ring (bicyclic) bond motifs is 5. The average molecular weight is 525 g/mol. The molecule has 0 unspecified atom stereocenters. The van der Waals surface area contributed by atoms with E-state index in [9.17, 15) is 5.11 Å². The van der Waals surface area contributed by atoms with Crippen molar-refractivity contribution in [3.63, 3.8) is 0 Å². The minimum atomic E-state index is -0.156. The first kappa shape index (κ1) is 28.3. The molecular formula is C35H56O3. The highest BCUT2D eigenvalue weighted by Gasteiger charge is 2.62. The summed E-state index contributed by atoms with van der Waals surface area (Å²) in [5.41, 5.74) is 2.17. The van der Waals surface area contributed by atoms with E-state index in [1.54, 1.807) is 14.2 Å². The van der Waals surface area contributed by atoms with Gasteiger partial charge in [0.25, 0.3) is 0 Å². The molecule has 214 valence electrons. The lowest BCUT2D eigenvalue weighted by Crippen LogP contribution is -2.56. The van der Waals surface area contributed by atoms with Crippen LogP contribution in [0.25, 0.3) is 0 Å². The molecule has 1 N–H and O–H groups in total. The van der Waals surface area contributed by atoms with Crippen molar-refractivity contribution < 1.29 is 14.6 Å². The van der Waals surface area contributed by atoms with Crippen LogP contribution < -0.4 is 9.47 Å². The maximum atomic E-state index is 10.9. The van der Waals surface area contributed by atoms with Gasteiger partial charge in [-0.05, 0) is 127 Å². The minimum absolute atomic E-state index is 0.156. The van der Waals surface area contributed by atoms with Crippen molar-refractivity contribution >= 4 is 0 Å². The van der Waals surface area contributed by atoms with Crippen LogP contribution in [0.5, 0.6) is 11.5 Å². The molecule has 3 heteroatoms. The molecule has 3 nitrogen and oxygen atoms in total. The Kier molecular flexibility index (Phi) is 8.18. The topological polar surface area (TPSA) is 38.7 Å². The first-order chi connectivity index (χ1) is 18.1. The lowest BCUT2D eigenvalue weighted by atomic mass is 9.42. The maximum absolute atomic E-state index is 10.9. The van der Waals surface area contributed by atoms with Crippen LogP contribution in [0.2, 0.25) is 0 Å². The third kappa shape index (κ3) is 4.92. The van der Waals surface area contributed by atoms with Gasteiger partial charge in [0.05, 0.1) is 20.3 Å². The fourth-order valence-corrected chi connectivity index (χ4v) is 10.8. The Hall–Kier alpha value is -1.22. The number of aliphatic hydroxyl groups is 1. The molecule has 0 heterocycles. The summed E-state index contributed by atoms with van der Waals surface area (Å²) < 4.78 is 11.4. The van der Waals surface area contributed by atoms with Gasteiger partial charge in [0, 0.05) is 6.07 Å². The van der Waals surface area contributed by atoms with Gasteiger partial charge in [-0.25, -0.2) is 0 Å². The SMILES string of the molecule is COc1cc(OC)cc([C@H]2C[C@@H]3[C@H](CC[C@]4(C)[C@@H]([C@H](C)CCCC(C)C)CC[C@@H]34)[C@@]3(C)CC[C@@H](O)C[C@H]23)c1. The van der Waals surface area contributed by atoms with Crippen molar-refractivity contribution in [1.29, 1.82) is 0 Å². The first-order valence-electron chi connectivity index (χ1n) is 16.0. The Morgan fingerprint density at radius 1 is 0.816 bits per heavy atom. The van der Waals surface area contributed by atoms with Crippen LogP contribution in [0.15, 0.2) is 18.2 Å². The summed E-state index contributed by atoms with van der Waals surface area (Å²) in [7, 11) is 3.52. The Morgan fingerprint density at radius 3 is 2.13 bits per heavy atom. The minimum Gasteiger partial charge on any atom is -0.497 e. The molecule has 0 aromatic heterocycles. The summed E-state index contributed by atoms with van der Waals surface area (Å²) >= 11 is 0. The Balaban J connectivity index is 1.46. The third-order valence-electron chi connectivity index (χ3n) is 12.7. The summed E-state index contributed by atoms with van der Waals surface area (Å²) in [5.74, 6) is 7.77. The van der Waals surface area contributed by atoms with Gasteiger partial charge < -0.3 is 14.6 Å². The maximum Gasteiger partial charge on any atom is 0.122 e. The molecule has 0 bridgehead atoms. The molecule has 10 atom stereocenters. The average Bonchev–Trinajstić information content (AvgIpc) is 3.25. The monoisotopic (exact) mass is 524 g/mol. The number of hydrogen-bond acceptors (Lipinski definition) is 3. The second kappa shape index (κ2) is 11.0. The molecule has 5 rings (SSSR count). The Morgan fingerprint density at radius 2 is 1.47 bits per heavy atom. The zero-order valence-electron chi connectivity index (χ0n) is 25.5. The molecule has 0 saturated heterocycles. The number of methoxy groups -OCH3 is 2. The van der Waals surface area contributed by atoms with Crippen LogP contribution in [0.1, 0.15) is 117 Å². The Bertz CT molecular complexity index is 934. The molecular weight excluding hydrogens is 468 g/mol. The van der Waals surface area contributed by atoms with Crippen molar-refractivity contribution in [2.75, 3.05) is 14.2 Å². The number of hydrogen-bond donors (Lipinski definition) is 1. The highest BCUT2D eigenvalue weighted by molar-refractivity contribution is 5.41. The predicted octanol–water partition coefficient (Wildman–Crippen LogP) is 8.88. The van der Waals surface area contributed by atoms with Gasteiger partial charge in [0.2, 0.25) is 0 Å². The molecule has 1 aromatic rings. The molecule has 4 saturated carbocycles. The summed E-state index contributed by atoms with van der Waals surface area (Å²) in [6.45, 7) is 12.6. The summed E-state index contributed by atoms with van der Waals surface area (Å²) in [6, 6.07) is 6.54. The van der Waals surface area contributed by atoms with Crippen molar-refractivity contribution in [3.8, 4) is 11.5 Å². The van der Waals surface area contributed by atoms with Gasteiger partial charge in [-0.2, -0.15) is 0 Å². The van der Waals surface area contributed by atoms with Gasteiger partial charge in [-0.3, -0.25) is 0 Å². The molecule has 1 aromatic carbocycles. The lowest BCUT2D eigenvalue weighted by molar-refractivity contribution is -0.138. The fourth-order valence-electron chi connectivity index (χ4n) is 10.8. The molecule has 4 aliphatic rings. The van der Waals surface area contributed by atoms with E-state index in [0.717, 1.165) is 59.8 Å².